The summed E-state index contributed by atoms with van der Waals surface area (Å²) < 4.78 is 43.4. The molecule has 1 aliphatic rings. The highest BCUT2D eigenvalue weighted by Gasteiger charge is 2.42. The molecule has 34 heavy (non-hydrogen) atoms. The van der Waals surface area contributed by atoms with Crippen molar-refractivity contribution in [3.63, 3.8) is 0 Å². The minimum Gasteiger partial charge on any atom is -0.473 e. The Kier molecular flexibility index (Phi) is 6.78. The molecule has 2 atom stereocenters. The van der Waals surface area contributed by atoms with Crippen LogP contribution in [0.4, 0.5) is 23.7 Å². The molecule has 1 aromatic heterocycles. The molecule has 6 nitrogen and oxygen atoms in total. The number of nitrogens with zero attached hydrogens (tertiary/aromatic N) is 2. The second-order valence-corrected chi connectivity index (χ2v) is 8.77. The Hall–Kier alpha value is -3.53. The zero-order valence-corrected chi connectivity index (χ0v) is 18.8. The highest BCUT2D eigenvalue weighted by molar-refractivity contribution is 8.00. The maximum atomic E-state index is 13.1. The fraction of sp³-hybridized carbons (Fsp3) is 0.208. The van der Waals surface area contributed by atoms with Gasteiger partial charge in [0.05, 0.1) is 5.69 Å². The van der Waals surface area contributed by atoms with E-state index in [0.29, 0.717) is 12.5 Å². The number of ether oxygens (including phenoxy) is 1. The molecule has 0 spiro atoms. The summed E-state index contributed by atoms with van der Waals surface area (Å²) in [6.45, 7) is 2.13. The predicted molar refractivity (Wildman–Crippen MR) is 122 cm³/mol. The first-order valence-electron chi connectivity index (χ1n) is 10.3. The van der Waals surface area contributed by atoms with Gasteiger partial charge in [0.1, 0.15) is 12.6 Å². The monoisotopic (exact) mass is 487 g/mol. The average Bonchev–Trinajstić information content (AvgIpc) is 3.11. The Morgan fingerprint density at radius 1 is 1.09 bits per heavy atom. The van der Waals surface area contributed by atoms with Crippen LogP contribution >= 0.6 is 11.8 Å². The van der Waals surface area contributed by atoms with E-state index in [1.807, 2.05) is 30.3 Å². The Morgan fingerprint density at radius 3 is 2.47 bits per heavy atom. The fourth-order valence-corrected chi connectivity index (χ4v) is 4.13. The topological polar surface area (TPSA) is 71.5 Å². The van der Waals surface area contributed by atoms with Crippen LogP contribution in [0.2, 0.25) is 0 Å². The first-order valence-corrected chi connectivity index (χ1v) is 11.2. The number of amides is 3. The molecule has 10 heteroatoms. The van der Waals surface area contributed by atoms with Crippen molar-refractivity contribution in [2.24, 2.45) is 0 Å². The van der Waals surface area contributed by atoms with Crippen molar-refractivity contribution in [2.45, 2.75) is 35.9 Å². The standard InChI is InChI=1S/C24H20F3N3O3S/c1-15(17-11-12-28-20(13-17)33-14-16-5-3-2-4-6-16)21-22(31)30(23(32)29-21)18-7-9-19(10-8-18)34-24(25,26)27/h2-13,15,21H,14H2,1H3,(H,29,32). The van der Waals surface area contributed by atoms with Crippen LogP contribution in [0.1, 0.15) is 24.0 Å². The number of carbonyl (C=O) groups excluding carboxylic acids is 2. The van der Waals surface area contributed by atoms with Crippen molar-refractivity contribution < 1.29 is 27.5 Å². The van der Waals surface area contributed by atoms with Gasteiger partial charge >= 0.3 is 11.5 Å². The summed E-state index contributed by atoms with van der Waals surface area (Å²) in [5.74, 6) is -0.500. The van der Waals surface area contributed by atoms with Crippen molar-refractivity contribution in [3.8, 4) is 5.88 Å². The van der Waals surface area contributed by atoms with Gasteiger partial charge in [-0.05, 0) is 53.2 Å². The van der Waals surface area contributed by atoms with E-state index in [1.165, 1.54) is 24.3 Å². The van der Waals surface area contributed by atoms with E-state index in [1.54, 1.807) is 25.3 Å². The first kappa shape index (κ1) is 23.6. The minimum atomic E-state index is -4.42. The summed E-state index contributed by atoms with van der Waals surface area (Å²) in [5.41, 5.74) is -2.49. The van der Waals surface area contributed by atoms with Gasteiger partial charge in [-0.1, -0.05) is 37.3 Å². The van der Waals surface area contributed by atoms with Crippen LogP contribution in [0, 0.1) is 0 Å². The lowest BCUT2D eigenvalue weighted by atomic mass is 9.94. The number of pyridine rings is 1. The molecular formula is C24H20F3N3O3S. The Labute approximate surface area is 198 Å². The summed E-state index contributed by atoms with van der Waals surface area (Å²) in [7, 11) is 0. The number of benzene rings is 2. The van der Waals surface area contributed by atoms with E-state index in [0.717, 1.165) is 16.0 Å². The number of carbonyl (C=O) groups is 2. The third-order valence-electron chi connectivity index (χ3n) is 5.31. The smallest absolute Gasteiger partial charge is 0.446 e. The first-order chi connectivity index (χ1) is 16.2. The number of alkyl halides is 3. The van der Waals surface area contributed by atoms with Crippen molar-refractivity contribution >= 4 is 29.4 Å². The summed E-state index contributed by atoms with van der Waals surface area (Å²) >= 11 is -0.262. The number of hydrogen-bond acceptors (Lipinski definition) is 5. The molecule has 0 radical (unpaired) electrons. The van der Waals surface area contributed by atoms with E-state index in [-0.39, 0.29) is 22.3 Å². The second-order valence-electron chi connectivity index (χ2n) is 7.63. The molecule has 0 bridgehead atoms. The number of aromatic nitrogens is 1. The number of imide groups is 1. The highest BCUT2D eigenvalue weighted by Crippen LogP contribution is 2.38. The molecule has 2 unspecified atom stereocenters. The van der Waals surface area contributed by atoms with Crippen molar-refractivity contribution in [1.29, 1.82) is 0 Å². The number of urea groups is 1. The number of rotatable bonds is 7. The van der Waals surface area contributed by atoms with Gasteiger partial charge in [0.15, 0.2) is 0 Å². The Morgan fingerprint density at radius 2 is 1.79 bits per heavy atom. The normalized spacial score (nSPS) is 16.9. The SMILES string of the molecule is CC(c1ccnc(OCc2ccccc2)c1)C1NC(=O)N(c2ccc(SC(F)(F)F)cc2)C1=O. The van der Waals surface area contributed by atoms with Crippen LogP contribution in [0.3, 0.4) is 0 Å². The van der Waals surface area contributed by atoms with Gasteiger partial charge < -0.3 is 10.1 Å². The molecule has 3 aromatic rings. The summed E-state index contributed by atoms with van der Waals surface area (Å²) in [4.78, 5) is 30.7. The van der Waals surface area contributed by atoms with Crippen molar-refractivity contribution in [1.82, 2.24) is 10.3 Å². The minimum absolute atomic E-state index is 0.0342. The van der Waals surface area contributed by atoms with Gasteiger partial charge in [0, 0.05) is 23.1 Å². The van der Waals surface area contributed by atoms with Crippen molar-refractivity contribution in [3.05, 3.63) is 84.1 Å². The molecular weight excluding hydrogens is 467 g/mol. The Balaban J connectivity index is 1.46. The molecule has 1 fully saturated rings. The summed E-state index contributed by atoms with van der Waals surface area (Å²) in [6, 6.07) is 16.7. The van der Waals surface area contributed by atoms with Crippen molar-refractivity contribution in [2.75, 3.05) is 4.90 Å². The van der Waals surface area contributed by atoms with Crippen LogP contribution < -0.4 is 15.0 Å². The summed E-state index contributed by atoms with van der Waals surface area (Å²) in [5, 5.41) is 2.67. The van der Waals surface area contributed by atoms with Crippen LogP contribution in [-0.4, -0.2) is 28.5 Å². The van der Waals surface area contributed by atoms with Crippen LogP contribution in [-0.2, 0) is 11.4 Å². The zero-order chi connectivity index (χ0) is 24.3. The largest absolute Gasteiger partial charge is 0.473 e. The van der Waals surface area contributed by atoms with E-state index in [2.05, 4.69) is 10.3 Å². The lowest BCUT2D eigenvalue weighted by Gasteiger charge is -2.19. The van der Waals surface area contributed by atoms with Gasteiger partial charge in [-0.2, -0.15) is 13.2 Å². The zero-order valence-electron chi connectivity index (χ0n) is 18.0. The number of thioether (sulfide) groups is 1. The molecule has 4 rings (SSSR count). The number of anilines is 1. The second kappa shape index (κ2) is 9.76. The van der Waals surface area contributed by atoms with E-state index in [4.69, 9.17) is 4.74 Å². The molecule has 176 valence electrons. The van der Waals surface area contributed by atoms with E-state index in [9.17, 15) is 22.8 Å². The third kappa shape index (κ3) is 5.51. The molecule has 2 aromatic carbocycles. The van der Waals surface area contributed by atoms with Gasteiger partial charge in [0.25, 0.3) is 5.91 Å². The molecule has 3 amide bonds. The van der Waals surface area contributed by atoms with Crippen LogP contribution in [0.5, 0.6) is 5.88 Å². The quantitative estimate of drug-likeness (QED) is 0.352. The number of nitrogens with one attached hydrogen (secondary N) is 1. The molecule has 0 aliphatic carbocycles. The van der Waals surface area contributed by atoms with Crippen LogP contribution in [0.15, 0.2) is 77.8 Å². The van der Waals surface area contributed by atoms with Gasteiger partial charge in [-0.15, -0.1) is 0 Å². The van der Waals surface area contributed by atoms with E-state index < -0.39 is 29.4 Å². The lowest BCUT2D eigenvalue weighted by molar-refractivity contribution is -0.118. The van der Waals surface area contributed by atoms with Gasteiger partial charge in [0.2, 0.25) is 5.88 Å². The maximum absolute atomic E-state index is 13.1. The molecule has 2 heterocycles. The molecule has 1 saturated heterocycles. The highest BCUT2D eigenvalue weighted by atomic mass is 32.2. The van der Waals surface area contributed by atoms with Gasteiger partial charge in [-0.25, -0.2) is 14.7 Å². The summed E-state index contributed by atoms with van der Waals surface area (Å²) in [6.07, 6.45) is 1.57. The number of halogens is 3. The average molecular weight is 488 g/mol. The molecule has 1 N–H and O–H groups in total. The molecule has 0 saturated carbocycles. The maximum Gasteiger partial charge on any atom is 0.446 e. The lowest BCUT2D eigenvalue weighted by Crippen LogP contribution is -2.34. The molecule has 1 aliphatic heterocycles. The third-order valence-corrected chi connectivity index (χ3v) is 6.05. The van der Waals surface area contributed by atoms with Crippen LogP contribution in [0.25, 0.3) is 0 Å². The predicted octanol–water partition coefficient (Wildman–Crippen LogP) is 5.50. The Bertz CT molecular complexity index is 1170. The number of hydrogen-bond donors (Lipinski definition) is 1. The van der Waals surface area contributed by atoms with E-state index >= 15 is 0 Å². The van der Waals surface area contributed by atoms with Gasteiger partial charge in [-0.3, -0.25) is 4.79 Å². The fourth-order valence-electron chi connectivity index (χ4n) is 3.59.